The van der Waals surface area contributed by atoms with Crippen LogP contribution in [0.1, 0.15) is 53.9 Å². The Morgan fingerprint density at radius 3 is 2.68 bits per heavy atom. The molecule has 2 unspecified atom stereocenters. The molecule has 1 saturated carbocycles. The van der Waals surface area contributed by atoms with Crippen LogP contribution in [-0.2, 0) is 6.54 Å². The van der Waals surface area contributed by atoms with Crippen molar-refractivity contribution in [2.24, 2.45) is 5.73 Å². The first-order valence-electron chi connectivity index (χ1n) is 9.51. The number of aryl methyl sites for hydroxylation is 2. The largest absolute Gasteiger partial charge is 0.343 e. The van der Waals surface area contributed by atoms with Crippen LogP contribution in [0.25, 0.3) is 10.9 Å². The van der Waals surface area contributed by atoms with E-state index in [0.717, 1.165) is 13.0 Å². The Hall–Kier alpha value is -2.06. The number of para-hydroxylation sites is 1. The van der Waals surface area contributed by atoms with Crippen molar-refractivity contribution in [1.29, 1.82) is 0 Å². The van der Waals surface area contributed by atoms with Crippen LogP contribution in [0.2, 0.25) is 0 Å². The molecule has 1 fully saturated rings. The monoisotopic (exact) mass is 332 g/mol. The molecule has 1 heterocycles. The minimum atomic E-state index is 0.362. The Bertz CT molecular complexity index is 890. The highest BCUT2D eigenvalue weighted by molar-refractivity contribution is 5.84. The minimum absolute atomic E-state index is 0.362. The van der Waals surface area contributed by atoms with E-state index in [-0.39, 0.29) is 0 Å². The van der Waals surface area contributed by atoms with E-state index in [1.807, 2.05) is 0 Å². The number of aromatic nitrogens is 1. The molecule has 4 rings (SSSR count). The zero-order chi connectivity index (χ0) is 17.4. The molecule has 1 aliphatic carbocycles. The van der Waals surface area contributed by atoms with Crippen LogP contribution in [0.4, 0.5) is 0 Å². The summed E-state index contributed by atoms with van der Waals surface area (Å²) in [5, 5.41) is 1.41. The number of benzene rings is 2. The van der Waals surface area contributed by atoms with Gasteiger partial charge < -0.3 is 10.3 Å². The van der Waals surface area contributed by atoms with Gasteiger partial charge in [0.15, 0.2) is 0 Å². The van der Waals surface area contributed by atoms with Gasteiger partial charge in [-0.25, -0.2) is 0 Å². The van der Waals surface area contributed by atoms with Crippen molar-refractivity contribution in [3.05, 3.63) is 70.9 Å². The molecular formula is C23H28N2. The fourth-order valence-corrected chi connectivity index (χ4v) is 4.34. The maximum absolute atomic E-state index is 6.26. The maximum Gasteiger partial charge on any atom is 0.0486 e. The normalized spacial score (nSPS) is 20.9. The molecule has 0 bridgehead atoms. The Morgan fingerprint density at radius 1 is 1.04 bits per heavy atom. The van der Waals surface area contributed by atoms with Gasteiger partial charge in [-0.15, -0.1) is 0 Å². The van der Waals surface area contributed by atoms with Gasteiger partial charge in [0, 0.05) is 29.7 Å². The Balaban J connectivity index is 1.72. The molecule has 0 amide bonds. The smallest absolute Gasteiger partial charge is 0.0486 e. The van der Waals surface area contributed by atoms with Gasteiger partial charge in [-0.3, -0.25) is 0 Å². The van der Waals surface area contributed by atoms with Crippen molar-refractivity contribution in [3.63, 3.8) is 0 Å². The third kappa shape index (κ3) is 3.23. The Morgan fingerprint density at radius 2 is 1.88 bits per heavy atom. The Kier molecular flexibility index (Phi) is 4.39. The first kappa shape index (κ1) is 16.4. The van der Waals surface area contributed by atoms with Crippen molar-refractivity contribution in [1.82, 2.24) is 4.57 Å². The number of hydrogen-bond donors (Lipinski definition) is 1. The summed E-state index contributed by atoms with van der Waals surface area (Å²) in [7, 11) is 0. The lowest BCUT2D eigenvalue weighted by molar-refractivity contribution is 0.394. The van der Waals surface area contributed by atoms with Crippen LogP contribution in [0, 0.1) is 13.8 Å². The van der Waals surface area contributed by atoms with Gasteiger partial charge in [-0.1, -0.05) is 42.8 Å². The lowest BCUT2D eigenvalue weighted by Crippen LogP contribution is -2.26. The fourth-order valence-electron chi connectivity index (χ4n) is 4.34. The van der Waals surface area contributed by atoms with E-state index in [1.54, 1.807) is 0 Å². The highest BCUT2D eigenvalue weighted by atomic mass is 15.0. The number of fused-ring (bicyclic) bond motifs is 1. The highest BCUT2D eigenvalue weighted by Crippen LogP contribution is 2.37. The molecule has 2 atom stereocenters. The van der Waals surface area contributed by atoms with Crippen molar-refractivity contribution in [2.45, 2.75) is 58.0 Å². The summed E-state index contributed by atoms with van der Waals surface area (Å²) in [6, 6.07) is 16.0. The average molecular weight is 332 g/mol. The number of rotatable bonds is 3. The van der Waals surface area contributed by atoms with Crippen LogP contribution >= 0.6 is 0 Å². The van der Waals surface area contributed by atoms with Gasteiger partial charge in [-0.2, -0.15) is 0 Å². The summed E-state index contributed by atoms with van der Waals surface area (Å²) in [6.07, 6.45) is 7.21. The number of hydrogen-bond acceptors (Lipinski definition) is 1. The molecule has 1 aliphatic rings. The lowest BCUT2D eigenvalue weighted by Gasteiger charge is -2.26. The van der Waals surface area contributed by atoms with E-state index in [4.69, 9.17) is 5.73 Å². The first-order chi connectivity index (χ1) is 12.1. The predicted octanol–water partition coefficient (Wildman–Crippen LogP) is 5.29. The van der Waals surface area contributed by atoms with Gasteiger partial charge >= 0.3 is 0 Å². The van der Waals surface area contributed by atoms with Gasteiger partial charge in [0.2, 0.25) is 0 Å². The van der Waals surface area contributed by atoms with Crippen molar-refractivity contribution < 1.29 is 0 Å². The molecule has 2 heteroatoms. The maximum atomic E-state index is 6.26. The first-order valence-corrected chi connectivity index (χ1v) is 9.51. The van der Waals surface area contributed by atoms with Gasteiger partial charge in [0.1, 0.15) is 0 Å². The summed E-state index contributed by atoms with van der Waals surface area (Å²) in [4.78, 5) is 0. The minimum Gasteiger partial charge on any atom is -0.343 e. The van der Waals surface area contributed by atoms with Crippen LogP contribution in [0.3, 0.4) is 0 Å². The molecule has 0 radical (unpaired) electrons. The van der Waals surface area contributed by atoms with E-state index in [9.17, 15) is 0 Å². The molecule has 2 nitrogen and oxygen atoms in total. The summed E-state index contributed by atoms with van der Waals surface area (Å²) in [5.41, 5.74) is 13.2. The standard InChI is InChI=1S/C23H28N2/c1-16-10-11-18(12-17(16)2)14-25-15-22(19-6-5-7-20(24)13-19)21-8-3-4-9-23(21)25/h3-4,8-12,15,19-20H,5-7,13-14,24H2,1-2H3. The SMILES string of the molecule is Cc1ccc(Cn2cc(C3CCCC(N)C3)c3ccccc32)cc1C. The number of nitrogens with zero attached hydrogens (tertiary/aromatic N) is 1. The molecule has 25 heavy (non-hydrogen) atoms. The van der Waals surface area contributed by atoms with E-state index >= 15 is 0 Å². The molecular weight excluding hydrogens is 304 g/mol. The van der Waals surface area contributed by atoms with E-state index < -0.39 is 0 Å². The van der Waals surface area contributed by atoms with Crippen molar-refractivity contribution in [3.8, 4) is 0 Å². The second-order valence-corrected chi connectivity index (χ2v) is 7.77. The van der Waals surface area contributed by atoms with E-state index in [0.29, 0.717) is 12.0 Å². The summed E-state index contributed by atoms with van der Waals surface area (Å²) in [6.45, 7) is 5.30. The molecule has 2 N–H and O–H groups in total. The van der Waals surface area contributed by atoms with E-state index in [2.05, 4.69) is 67.1 Å². The van der Waals surface area contributed by atoms with Crippen molar-refractivity contribution >= 4 is 10.9 Å². The van der Waals surface area contributed by atoms with Crippen LogP contribution in [0.5, 0.6) is 0 Å². The average Bonchev–Trinajstić information content (AvgIpc) is 2.97. The molecule has 1 aromatic heterocycles. The molecule has 0 spiro atoms. The summed E-state index contributed by atoms with van der Waals surface area (Å²) >= 11 is 0. The summed E-state index contributed by atoms with van der Waals surface area (Å²) < 4.78 is 2.43. The topological polar surface area (TPSA) is 30.9 Å². The van der Waals surface area contributed by atoms with Gasteiger partial charge in [0.05, 0.1) is 0 Å². The fraction of sp³-hybridized carbons (Fsp3) is 0.391. The lowest BCUT2D eigenvalue weighted by atomic mass is 9.81. The third-order valence-electron chi connectivity index (χ3n) is 5.90. The Labute approximate surface area is 150 Å². The predicted molar refractivity (Wildman–Crippen MR) is 106 cm³/mol. The molecule has 130 valence electrons. The second-order valence-electron chi connectivity index (χ2n) is 7.77. The van der Waals surface area contributed by atoms with Crippen LogP contribution < -0.4 is 5.73 Å². The van der Waals surface area contributed by atoms with Gasteiger partial charge in [-0.05, 0) is 67.3 Å². The van der Waals surface area contributed by atoms with Crippen molar-refractivity contribution in [2.75, 3.05) is 0 Å². The van der Waals surface area contributed by atoms with E-state index in [1.165, 1.54) is 52.4 Å². The second kappa shape index (κ2) is 6.68. The molecule has 3 aromatic rings. The molecule has 0 aliphatic heterocycles. The van der Waals surface area contributed by atoms with Crippen LogP contribution in [0.15, 0.2) is 48.7 Å². The van der Waals surface area contributed by atoms with Crippen LogP contribution in [-0.4, -0.2) is 10.6 Å². The summed E-state index contributed by atoms with van der Waals surface area (Å²) in [5.74, 6) is 0.606. The zero-order valence-electron chi connectivity index (χ0n) is 15.3. The van der Waals surface area contributed by atoms with Gasteiger partial charge in [0.25, 0.3) is 0 Å². The zero-order valence-corrected chi connectivity index (χ0v) is 15.3. The number of nitrogens with two attached hydrogens (primary N) is 1. The quantitative estimate of drug-likeness (QED) is 0.694. The third-order valence-corrected chi connectivity index (χ3v) is 5.90. The highest BCUT2D eigenvalue weighted by Gasteiger charge is 2.23. The molecule has 0 saturated heterocycles. The molecule has 2 aromatic carbocycles.